The number of hydrogen-bond donors (Lipinski definition) is 4. The van der Waals surface area contributed by atoms with Crippen LogP contribution in [0.15, 0.2) is 18.2 Å². The van der Waals surface area contributed by atoms with E-state index in [9.17, 15) is 10.2 Å². The van der Waals surface area contributed by atoms with Crippen molar-refractivity contribution < 1.29 is 14.9 Å². The zero-order valence-corrected chi connectivity index (χ0v) is 9.47. The Labute approximate surface area is 94.8 Å². The fraction of sp³-hybridized carbons (Fsp3) is 0.455. The number of methoxy groups -OCH3 is 1. The van der Waals surface area contributed by atoms with Crippen LogP contribution >= 0.6 is 0 Å². The molecule has 2 unspecified atom stereocenters. The van der Waals surface area contributed by atoms with Crippen molar-refractivity contribution in [3.05, 3.63) is 23.8 Å². The lowest BCUT2D eigenvalue weighted by Gasteiger charge is -2.20. The zero-order valence-electron chi connectivity index (χ0n) is 9.47. The number of nitrogens with two attached hydrogens (primary N) is 1. The minimum absolute atomic E-state index is 0.291. The van der Waals surface area contributed by atoms with Gasteiger partial charge in [0.1, 0.15) is 11.9 Å². The number of hydrogen-bond acceptors (Lipinski definition) is 5. The molecular formula is C11H18N2O3. The molecule has 0 heterocycles. The Balaban J connectivity index is 2.96. The third-order valence-electron chi connectivity index (χ3n) is 2.35. The molecular weight excluding hydrogens is 208 g/mol. The number of nitrogens with one attached hydrogen (secondary N) is 1. The van der Waals surface area contributed by atoms with Gasteiger partial charge in [-0.15, -0.1) is 0 Å². The second kappa shape index (κ2) is 5.69. The highest BCUT2D eigenvalue weighted by Crippen LogP contribution is 2.29. The van der Waals surface area contributed by atoms with Crippen molar-refractivity contribution in [1.29, 1.82) is 0 Å². The van der Waals surface area contributed by atoms with Gasteiger partial charge in [0.2, 0.25) is 0 Å². The second-order valence-electron chi connectivity index (χ2n) is 3.57. The molecule has 0 radical (unpaired) electrons. The maximum Gasteiger partial charge on any atom is 0.124 e. The summed E-state index contributed by atoms with van der Waals surface area (Å²) in [6, 6.07) is 4.95. The van der Waals surface area contributed by atoms with Gasteiger partial charge in [-0.25, -0.2) is 0 Å². The summed E-state index contributed by atoms with van der Waals surface area (Å²) in [6.07, 6.45) is -1.92. The molecule has 0 saturated heterocycles. The summed E-state index contributed by atoms with van der Waals surface area (Å²) in [4.78, 5) is 0. The number of benzene rings is 1. The molecule has 1 aromatic carbocycles. The van der Waals surface area contributed by atoms with Gasteiger partial charge in [-0.1, -0.05) is 0 Å². The topological polar surface area (TPSA) is 87.7 Å². The lowest BCUT2D eigenvalue weighted by Crippen LogP contribution is -2.29. The molecule has 0 aliphatic carbocycles. The van der Waals surface area contributed by atoms with Gasteiger partial charge >= 0.3 is 0 Å². The molecule has 1 rings (SSSR count). The number of aliphatic hydroxyl groups excluding tert-OH is 2. The molecule has 5 nitrogen and oxygen atoms in total. The average Bonchev–Trinajstić information content (AvgIpc) is 2.28. The molecule has 16 heavy (non-hydrogen) atoms. The first-order valence-corrected chi connectivity index (χ1v) is 5.04. The first-order chi connectivity index (χ1) is 7.60. The van der Waals surface area contributed by atoms with Crippen LogP contribution in [0.3, 0.4) is 0 Å². The smallest absolute Gasteiger partial charge is 0.124 e. The molecule has 2 atom stereocenters. The number of anilines is 1. The summed E-state index contributed by atoms with van der Waals surface area (Å²) in [5.74, 6) is 0.511. The predicted octanol–water partition coefficient (Wildman–Crippen LogP) is -0.109. The van der Waals surface area contributed by atoms with Gasteiger partial charge in [-0.2, -0.15) is 0 Å². The second-order valence-corrected chi connectivity index (χ2v) is 3.57. The van der Waals surface area contributed by atoms with E-state index in [-0.39, 0.29) is 0 Å². The van der Waals surface area contributed by atoms with E-state index in [0.29, 0.717) is 23.5 Å². The van der Waals surface area contributed by atoms with Crippen molar-refractivity contribution in [2.45, 2.75) is 12.2 Å². The van der Waals surface area contributed by atoms with Crippen LogP contribution in [0.1, 0.15) is 11.7 Å². The third kappa shape index (κ3) is 2.85. The van der Waals surface area contributed by atoms with Crippen molar-refractivity contribution in [2.75, 3.05) is 26.4 Å². The lowest BCUT2D eigenvalue weighted by molar-refractivity contribution is 0.0189. The molecule has 0 fully saturated rings. The molecule has 0 aliphatic rings. The van der Waals surface area contributed by atoms with Gasteiger partial charge in [0.15, 0.2) is 0 Å². The monoisotopic (exact) mass is 226 g/mol. The molecule has 0 aliphatic heterocycles. The standard InChI is InChI=1S/C11H18N2O3/c1-13-6-9(14)11(15)8-5-7(12)3-4-10(8)16-2/h3-5,9,11,13-15H,6,12H2,1-2H3. The van der Waals surface area contributed by atoms with Gasteiger partial charge in [0, 0.05) is 17.8 Å². The van der Waals surface area contributed by atoms with Gasteiger partial charge in [0.25, 0.3) is 0 Å². The van der Waals surface area contributed by atoms with E-state index < -0.39 is 12.2 Å². The largest absolute Gasteiger partial charge is 0.496 e. The van der Waals surface area contributed by atoms with Gasteiger partial charge in [-0.05, 0) is 25.2 Å². The first kappa shape index (κ1) is 12.8. The van der Waals surface area contributed by atoms with E-state index >= 15 is 0 Å². The fourth-order valence-electron chi connectivity index (χ4n) is 1.51. The van der Waals surface area contributed by atoms with Crippen molar-refractivity contribution in [3.63, 3.8) is 0 Å². The Kier molecular flexibility index (Phi) is 4.54. The summed E-state index contributed by atoms with van der Waals surface area (Å²) in [6.45, 7) is 0.291. The van der Waals surface area contributed by atoms with Crippen LogP contribution in [0.5, 0.6) is 5.75 Å². The summed E-state index contributed by atoms with van der Waals surface area (Å²) in [5.41, 5.74) is 6.64. The maximum absolute atomic E-state index is 9.93. The summed E-state index contributed by atoms with van der Waals surface area (Å²) in [7, 11) is 3.21. The van der Waals surface area contributed by atoms with Crippen LogP contribution < -0.4 is 15.8 Å². The van der Waals surface area contributed by atoms with Crippen molar-refractivity contribution >= 4 is 5.69 Å². The van der Waals surface area contributed by atoms with Crippen LogP contribution in [-0.2, 0) is 0 Å². The third-order valence-corrected chi connectivity index (χ3v) is 2.35. The predicted molar refractivity (Wildman–Crippen MR) is 62.3 cm³/mol. The Morgan fingerprint density at radius 3 is 2.69 bits per heavy atom. The van der Waals surface area contributed by atoms with E-state index in [0.717, 1.165) is 0 Å². The van der Waals surface area contributed by atoms with Crippen molar-refractivity contribution in [1.82, 2.24) is 5.32 Å². The molecule has 0 aromatic heterocycles. The average molecular weight is 226 g/mol. The number of likely N-dealkylation sites (N-methyl/N-ethyl adjacent to an activating group) is 1. The van der Waals surface area contributed by atoms with Gasteiger partial charge < -0.3 is 26.0 Å². The lowest BCUT2D eigenvalue weighted by atomic mass is 10.0. The van der Waals surface area contributed by atoms with Crippen LogP contribution in [0, 0.1) is 0 Å². The molecule has 5 N–H and O–H groups in total. The highest BCUT2D eigenvalue weighted by Gasteiger charge is 2.21. The van der Waals surface area contributed by atoms with Crippen LogP contribution in [0.2, 0.25) is 0 Å². The Morgan fingerprint density at radius 1 is 1.44 bits per heavy atom. The Bertz CT molecular complexity index is 344. The Morgan fingerprint density at radius 2 is 2.12 bits per heavy atom. The maximum atomic E-state index is 9.93. The Hall–Kier alpha value is -1.30. The molecule has 5 heteroatoms. The van der Waals surface area contributed by atoms with Gasteiger partial charge in [-0.3, -0.25) is 0 Å². The van der Waals surface area contributed by atoms with Crippen molar-refractivity contribution in [2.24, 2.45) is 0 Å². The molecule has 0 spiro atoms. The number of aliphatic hydroxyl groups is 2. The van der Waals surface area contributed by atoms with Gasteiger partial charge in [0.05, 0.1) is 13.2 Å². The van der Waals surface area contributed by atoms with E-state index in [1.165, 1.54) is 7.11 Å². The SMILES string of the molecule is CNCC(O)C(O)c1cc(N)ccc1OC. The van der Waals surface area contributed by atoms with Crippen molar-refractivity contribution in [3.8, 4) is 5.75 Å². The van der Waals surface area contributed by atoms with Crippen LogP contribution in [-0.4, -0.2) is 37.0 Å². The number of nitrogen functional groups attached to an aromatic ring is 1. The quantitative estimate of drug-likeness (QED) is 0.526. The van der Waals surface area contributed by atoms with Crippen LogP contribution in [0.25, 0.3) is 0 Å². The first-order valence-electron chi connectivity index (χ1n) is 5.04. The molecule has 0 amide bonds. The summed E-state index contributed by atoms with van der Waals surface area (Å²) in [5, 5.41) is 22.4. The minimum Gasteiger partial charge on any atom is -0.496 e. The van der Waals surface area contributed by atoms with E-state index in [2.05, 4.69) is 5.32 Å². The summed E-state index contributed by atoms with van der Waals surface area (Å²) >= 11 is 0. The van der Waals surface area contributed by atoms with E-state index in [1.807, 2.05) is 0 Å². The molecule has 1 aromatic rings. The van der Waals surface area contributed by atoms with E-state index in [4.69, 9.17) is 10.5 Å². The van der Waals surface area contributed by atoms with Crippen LogP contribution in [0.4, 0.5) is 5.69 Å². The molecule has 0 bridgehead atoms. The highest BCUT2D eigenvalue weighted by molar-refractivity contribution is 5.49. The molecule has 90 valence electrons. The fourth-order valence-corrected chi connectivity index (χ4v) is 1.51. The van der Waals surface area contributed by atoms with E-state index in [1.54, 1.807) is 25.2 Å². The summed E-state index contributed by atoms with van der Waals surface area (Å²) < 4.78 is 5.10. The minimum atomic E-state index is -1.02. The number of rotatable bonds is 5. The zero-order chi connectivity index (χ0) is 12.1. The highest BCUT2D eigenvalue weighted by atomic mass is 16.5. The number of ether oxygens (including phenoxy) is 1. The molecule has 0 saturated carbocycles. The normalized spacial score (nSPS) is 14.5.